The van der Waals surface area contributed by atoms with Gasteiger partial charge in [-0.2, -0.15) is 0 Å². The Morgan fingerprint density at radius 2 is 0.455 bits per heavy atom. The standard InChI is InChI=1S/C13H25F3N2O2.C13H26F2N2O2.2C12H24F2N2O3.2C12H25FN2O3.C10H19F4NO2.C10H21F2NO2/c1-5-11(19)17-6-10(14)7-20-9-13(15,16)8-18-12(2,3)4;1-5-12(18)16-6-10(14)8-19-9-11(15)7-17-13(2,3)4;1-11(2,3)16-5-4-6-19-9-12(13,14)8-15-10(18)7-17;1-11(2,3)16-8-12(13,14)9-19-6-4-5-15-10(18)7-17;1-12(2,3)15-5-4-6-18-9-10(13)7-14-11(17)8-16;1-12(2,3)15-7-10(13)9-18-6-4-5-14-11(17)8-16;1-8(2,3)15-4-9(11,12)6-17-7-10(13,14)5-16;1-10(2,3)13-4-8(11)6-15-7-9(12)5-14/h10,18H,5-9H2,1-4H3,(H,17,19);10-11,17H,5-9H2,1-4H3,(H,16,18);2*16-17H,4-9H2,1-3H3,(H,15,18);2*10,15-16H,4-9H2,1-3H3,(H,14,17);15-16H,4-7H2,1-3H3;8-9,13-14H,4-7H2,1-3H3. The van der Waals surface area contributed by atoms with E-state index in [0.717, 1.165) is 13.0 Å². The molecule has 0 aromatic heterocycles. The zero-order chi connectivity index (χ0) is 114. The van der Waals surface area contributed by atoms with E-state index >= 15 is 0 Å². The molecule has 0 saturated heterocycles. The Bertz CT molecular complexity index is 3140. The van der Waals surface area contributed by atoms with Crippen molar-refractivity contribution in [3.8, 4) is 0 Å². The van der Waals surface area contributed by atoms with Crippen molar-refractivity contribution in [1.82, 2.24) is 74.4 Å². The van der Waals surface area contributed by atoms with Crippen LogP contribution in [0.1, 0.15) is 219 Å². The third-order valence-corrected chi connectivity index (χ3v) is 16.4. The van der Waals surface area contributed by atoms with Crippen molar-refractivity contribution in [1.29, 1.82) is 0 Å². The fraction of sp³-hybridized carbons (Fsp3) is 0.936. The number of ether oxygens (including phenoxy) is 8. The number of aliphatic hydroxyl groups excluding tert-OH is 6. The van der Waals surface area contributed by atoms with Crippen LogP contribution < -0.4 is 74.4 Å². The topological polar surface area (TPSA) is 466 Å². The maximum atomic E-state index is 13.4. The lowest BCUT2D eigenvalue weighted by Crippen LogP contribution is -2.46. The highest BCUT2D eigenvalue weighted by Crippen LogP contribution is 2.21. The smallest absolute Gasteiger partial charge is 0.293 e. The molecular weight excluding hydrogens is 1970 g/mol. The number of halogens is 17. The molecule has 0 aliphatic carbocycles. The van der Waals surface area contributed by atoms with Gasteiger partial charge in [0.2, 0.25) is 35.4 Å². The molecule has 874 valence electrons. The molecular formula is C94H189F17N14O20. The minimum atomic E-state index is -3.48. The summed E-state index contributed by atoms with van der Waals surface area (Å²) in [5, 5.41) is 87.5. The minimum Gasteiger partial charge on any atom is -0.393 e. The lowest BCUT2D eigenvalue weighted by atomic mass is 10.1. The van der Waals surface area contributed by atoms with Gasteiger partial charge in [-0.3, -0.25) is 28.8 Å². The summed E-state index contributed by atoms with van der Waals surface area (Å²) in [5.41, 5.74) is -1.59. The van der Waals surface area contributed by atoms with Gasteiger partial charge in [0.25, 0.3) is 29.6 Å². The Hall–Kier alpha value is -5.25. The first kappa shape index (κ1) is 155. The molecule has 51 heteroatoms. The van der Waals surface area contributed by atoms with Crippen LogP contribution in [0.4, 0.5) is 74.6 Å². The van der Waals surface area contributed by atoms with E-state index in [1.165, 1.54) is 0 Å². The van der Waals surface area contributed by atoms with E-state index in [4.69, 9.17) is 59.1 Å². The molecule has 145 heavy (non-hydrogen) atoms. The maximum Gasteiger partial charge on any atom is 0.293 e. The summed E-state index contributed by atoms with van der Waals surface area (Å²) in [4.78, 5) is 64.4. The number of hydrogen-bond acceptors (Lipinski definition) is 28. The van der Waals surface area contributed by atoms with Gasteiger partial charge in [-0.1, -0.05) is 13.8 Å². The van der Waals surface area contributed by atoms with Gasteiger partial charge in [-0.25, -0.2) is 74.6 Å². The molecule has 20 N–H and O–H groups in total. The van der Waals surface area contributed by atoms with Crippen LogP contribution in [0.25, 0.3) is 0 Å². The lowest BCUT2D eigenvalue weighted by Gasteiger charge is -2.25. The second-order valence-corrected chi connectivity index (χ2v) is 41.8. The number of hydrogen-bond donors (Lipinski definition) is 20. The van der Waals surface area contributed by atoms with Gasteiger partial charge in [-0.15, -0.1) is 0 Å². The van der Waals surface area contributed by atoms with E-state index in [9.17, 15) is 103 Å². The highest BCUT2D eigenvalue weighted by molar-refractivity contribution is 5.78. The molecule has 0 aliphatic rings. The SMILES string of the molecule is CC(C)(C)NCC(F)(F)COCC(F)(F)CO.CC(C)(C)NCC(F)(F)COCCCNC(=O)CO.CC(C)(C)NCC(F)COCC(F)CO.CC(C)(C)NCC(F)COCCCNC(=O)CO.CC(C)(C)NCCCOCC(F)(F)CNC(=O)CO.CC(C)(C)NCCCOCC(F)CNC(=O)CO.CCC(=O)NCC(F)COCC(F)(F)CNC(C)(C)C.CCC(=O)NCC(F)COCC(F)CNC(C)(C)C. The molecule has 0 saturated carbocycles. The van der Waals surface area contributed by atoms with Gasteiger partial charge >= 0.3 is 0 Å². The first-order valence-corrected chi connectivity index (χ1v) is 48.4. The molecule has 0 heterocycles. The zero-order valence-corrected chi connectivity index (χ0v) is 91.1. The Morgan fingerprint density at radius 3 is 0.731 bits per heavy atom. The summed E-state index contributed by atoms with van der Waals surface area (Å²) < 4.78 is 262. The molecule has 7 unspecified atom stereocenters. The van der Waals surface area contributed by atoms with Crippen molar-refractivity contribution in [2.75, 3.05) is 237 Å². The molecule has 0 aromatic rings. The average Bonchev–Trinajstić information content (AvgIpc) is 0.899. The number of aliphatic hydroxyl groups is 6. The largest absolute Gasteiger partial charge is 0.393 e. The van der Waals surface area contributed by atoms with Gasteiger partial charge in [0.05, 0.1) is 98.7 Å². The molecule has 0 aromatic carbocycles. The number of rotatable bonds is 68. The summed E-state index contributed by atoms with van der Waals surface area (Å²) in [6.07, 6.45) is -5.77. The molecule has 34 nitrogen and oxygen atoms in total. The van der Waals surface area contributed by atoms with Crippen LogP contribution in [-0.2, 0) is 66.7 Å². The van der Waals surface area contributed by atoms with E-state index < -0.39 is 213 Å². The molecule has 7 atom stereocenters. The van der Waals surface area contributed by atoms with E-state index in [1.807, 2.05) is 109 Å². The van der Waals surface area contributed by atoms with Gasteiger partial charge in [0.15, 0.2) is 0 Å². The van der Waals surface area contributed by atoms with E-state index in [2.05, 4.69) is 99.4 Å². The Balaban J connectivity index is -0.000000247. The van der Waals surface area contributed by atoms with Gasteiger partial charge in [-0.05, 0) is 205 Å². The molecule has 0 fully saturated rings. The van der Waals surface area contributed by atoms with Crippen LogP contribution in [0.2, 0.25) is 0 Å². The predicted octanol–water partition coefficient (Wildman–Crippen LogP) is 7.70. The van der Waals surface area contributed by atoms with Crippen molar-refractivity contribution < 1.29 is 172 Å². The highest BCUT2D eigenvalue weighted by atomic mass is 19.3. The lowest BCUT2D eigenvalue weighted by molar-refractivity contribution is -0.143. The van der Waals surface area contributed by atoms with Crippen LogP contribution in [0.15, 0.2) is 0 Å². The van der Waals surface area contributed by atoms with Gasteiger partial charge in [0, 0.05) is 116 Å². The van der Waals surface area contributed by atoms with Crippen molar-refractivity contribution in [2.24, 2.45) is 0 Å². The van der Waals surface area contributed by atoms with Crippen LogP contribution in [0, 0.1) is 0 Å². The van der Waals surface area contributed by atoms with Crippen molar-refractivity contribution in [2.45, 2.75) is 336 Å². The normalized spacial score (nSPS) is 13.9. The third-order valence-electron chi connectivity index (χ3n) is 16.4. The Labute approximate surface area is 851 Å². The molecule has 0 bridgehead atoms. The Morgan fingerprint density at radius 1 is 0.234 bits per heavy atom. The molecule has 0 spiro atoms. The molecule has 0 radical (unpaired) electrons. The summed E-state index contributed by atoms with van der Waals surface area (Å²) >= 11 is 0. The maximum absolute atomic E-state index is 13.4. The fourth-order valence-electron chi connectivity index (χ4n) is 8.74. The average molecular weight is 2160 g/mol. The number of nitrogens with one attached hydrogen (secondary N) is 14. The summed E-state index contributed by atoms with van der Waals surface area (Å²) in [5.74, 6) is -18.6. The van der Waals surface area contributed by atoms with Gasteiger partial charge < -0.3 is 143 Å². The quantitative estimate of drug-likeness (QED) is 0.0205. The van der Waals surface area contributed by atoms with Crippen molar-refractivity contribution >= 4 is 35.4 Å². The Kier molecular flexibility index (Phi) is 91.1. The van der Waals surface area contributed by atoms with E-state index in [0.29, 0.717) is 58.5 Å². The highest BCUT2D eigenvalue weighted by Gasteiger charge is 2.37. The van der Waals surface area contributed by atoms with E-state index in [-0.39, 0.29) is 144 Å². The molecule has 0 aliphatic heterocycles. The van der Waals surface area contributed by atoms with Crippen molar-refractivity contribution in [3.05, 3.63) is 0 Å². The zero-order valence-electron chi connectivity index (χ0n) is 91.1. The van der Waals surface area contributed by atoms with Crippen LogP contribution in [0.5, 0.6) is 0 Å². The number of carbonyl (C=O) groups is 6. The predicted molar refractivity (Wildman–Crippen MR) is 527 cm³/mol. The van der Waals surface area contributed by atoms with Crippen LogP contribution in [0.3, 0.4) is 0 Å². The summed E-state index contributed by atoms with van der Waals surface area (Å²) in [6.45, 7) is 40.0. The molecule has 6 amide bonds. The first-order valence-electron chi connectivity index (χ1n) is 48.4. The summed E-state index contributed by atoms with van der Waals surface area (Å²) in [6, 6.07) is 0. The van der Waals surface area contributed by atoms with Gasteiger partial charge in [0.1, 0.15) is 109 Å². The van der Waals surface area contributed by atoms with Crippen LogP contribution >= 0.6 is 0 Å². The third kappa shape index (κ3) is 135. The van der Waals surface area contributed by atoms with E-state index in [1.54, 1.807) is 55.4 Å². The second-order valence-electron chi connectivity index (χ2n) is 41.8. The van der Waals surface area contributed by atoms with Crippen molar-refractivity contribution in [3.63, 3.8) is 0 Å². The number of alkyl halides is 17. The summed E-state index contributed by atoms with van der Waals surface area (Å²) in [7, 11) is 0. The first-order chi connectivity index (χ1) is 66.1. The molecule has 0 rings (SSSR count). The minimum absolute atomic E-state index is 0.00147. The second kappa shape index (κ2) is 85.2. The van der Waals surface area contributed by atoms with Crippen LogP contribution in [-0.4, -0.2) is 420 Å². The number of carbonyl (C=O) groups excluding carboxylic acids is 6. The fourth-order valence-corrected chi connectivity index (χ4v) is 8.74. The number of amides is 6. The monoisotopic (exact) mass is 2160 g/mol.